The summed E-state index contributed by atoms with van der Waals surface area (Å²) in [5.74, 6) is -3.80. The molecule has 0 radical (unpaired) electrons. The average molecular weight is 467 g/mol. The molecule has 3 fully saturated rings. The SMILES string of the molecule is CC(=O)OC1C2=C(C)C(=O)OC2(O)CC2(C)OC2CCC(C)C2CCC(C)(O2)C1OC(C)=O. The minimum Gasteiger partial charge on any atom is -0.455 e. The van der Waals surface area contributed by atoms with Crippen molar-refractivity contribution in [2.75, 3.05) is 0 Å². The van der Waals surface area contributed by atoms with Gasteiger partial charge >= 0.3 is 17.9 Å². The number of ether oxygens (including phenoxy) is 5. The Morgan fingerprint density at radius 2 is 1.70 bits per heavy atom. The molecule has 33 heavy (non-hydrogen) atoms. The minimum atomic E-state index is -2.07. The van der Waals surface area contributed by atoms with E-state index in [1.807, 2.05) is 13.8 Å². The molecular formula is C24H34O9. The summed E-state index contributed by atoms with van der Waals surface area (Å²) in [5.41, 5.74) is -1.52. The summed E-state index contributed by atoms with van der Waals surface area (Å²) >= 11 is 0. The standard InChI is InChI=1S/C24H34O9/c1-12-7-8-17-23(6,32-17)11-24(28)18(13(2)21(27)33-24)19(29-14(3)25)20(30-15(4)26)22(5)10-9-16(12)31-22/h12,16-17,19-20,28H,7-11H2,1-6H3. The van der Waals surface area contributed by atoms with E-state index in [2.05, 4.69) is 6.92 Å². The van der Waals surface area contributed by atoms with Crippen molar-refractivity contribution in [1.82, 2.24) is 0 Å². The van der Waals surface area contributed by atoms with E-state index in [4.69, 9.17) is 23.7 Å². The van der Waals surface area contributed by atoms with Crippen LogP contribution in [0.25, 0.3) is 0 Å². The van der Waals surface area contributed by atoms with Crippen LogP contribution in [0.1, 0.15) is 73.6 Å². The molecule has 8 unspecified atom stereocenters. The fraction of sp³-hybridized carbons (Fsp3) is 0.792. The number of hydrogen-bond donors (Lipinski definition) is 1. The quantitative estimate of drug-likeness (QED) is 0.371. The zero-order chi connectivity index (χ0) is 24.3. The first-order valence-electron chi connectivity index (χ1n) is 11.6. The normalized spacial score (nSPS) is 45.1. The lowest BCUT2D eigenvalue weighted by Crippen LogP contribution is -2.55. The molecule has 9 nitrogen and oxygen atoms in total. The van der Waals surface area contributed by atoms with Crippen LogP contribution in [0.4, 0.5) is 0 Å². The molecule has 8 atom stereocenters. The van der Waals surface area contributed by atoms with Crippen LogP contribution in [0.2, 0.25) is 0 Å². The van der Waals surface area contributed by atoms with Gasteiger partial charge in [0.1, 0.15) is 5.60 Å². The Kier molecular flexibility index (Phi) is 5.90. The second-order valence-corrected chi connectivity index (χ2v) is 10.4. The van der Waals surface area contributed by atoms with Crippen molar-refractivity contribution in [2.45, 2.75) is 115 Å². The molecule has 9 heteroatoms. The number of hydrogen-bond acceptors (Lipinski definition) is 9. The van der Waals surface area contributed by atoms with Crippen LogP contribution < -0.4 is 0 Å². The van der Waals surface area contributed by atoms with Crippen molar-refractivity contribution in [3.63, 3.8) is 0 Å². The largest absolute Gasteiger partial charge is 0.455 e. The van der Waals surface area contributed by atoms with Crippen LogP contribution in [0.15, 0.2) is 11.1 Å². The van der Waals surface area contributed by atoms with E-state index >= 15 is 0 Å². The lowest BCUT2D eigenvalue weighted by molar-refractivity contribution is -0.209. The predicted octanol–water partition coefficient (Wildman–Crippen LogP) is 2.33. The molecule has 0 spiro atoms. The highest BCUT2D eigenvalue weighted by Gasteiger charge is 2.64. The van der Waals surface area contributed by atoms with Gasteiger partial charge < -0.3 is 28.8 Å². The Morgan fingerprint density at radius 1 is 1.03 bits per heavy atom. The Balaban J connectivity index is 1.86. The number of rotatable bonds is 2. The summed E-state index contributed by atoms with van der Waals surface area (Å²) in [5, 5.41) is 11.7. The first kappa shape index (κ1) is 24.2. The first-order chi connectivity index (χ1) is 15.3. The Bertz CT molecular complexity index is 896. The number of aliphatic hydroxyl groups is 1. The highest BCUT2D eigenvalue weighted by molar-refractivity contribution is 5.92. The molecule has 0 amide bonds. The molecule has 0 aromatic heterocycles. The van der Waals surface area contributed by atoms with Gasteiger partial charge in [-0.25, -0.2) is 4.79 Å². The van der Waals surface area contributed by atoms with Gasteiger partial charge in [0.2, 0.25) is 5.79 Å². The molecule has 184 valence electrons. The van der Waals surface area contributed by atoms with Crippen molar-refractivity contribution in [3.8, 4) is 0 Å². The minimum absolute atomic E-state index is 0.0248. The third kappa shape index (κ3) is 4.31. The molecular weight excluding hydrogens is 432 g/mol. The highest BCUT2D eigenvalue weighted by Crippen LogP contribution is 2.52. The zero-order valence-corrected chi connectivity index (χ0v) is 20.1. The second-order valence-electron chi connectivity index (χ2n) is 10.4. The lowest BCUT2D eigenvalue weighted by atomic mass is 9.80. The van der Waals surface area contributed by atoms with Crippen LogP contribution in [0.5, 0.6) is 0 Å². The van der Waals surface area contributed by atoms with E-state index in [0.29, 0.717) is 6.42 Å². The monoisotopic (exact) mass is 466 g/mol. The van der Waals surface area contributed by atoms with Crippen LogP contribution in [0.3, 0.4) is 0 Å². The van der Waals surface area contributed by atoms with Crippen LogP contribution >= 0.6 is 0 Å². The summed E-state index contributed by atoms with van der Waals surface area (Å²) in [6.07, 6.45) is 0.349. The molecule has 0 aromatic carbocycles. The molecule has 0 aliphatic carbocycles. The van der Waals surface area contributed by atoms with Gasteiger partial charge in [0.05, 0.1) is 23.4 Å². The maximum atomic E-state index is 12.6. The van der Waals surface area contributed by atoms with E-state index < -0.39 is 47.1 Å². The zero-order valence-electron chi connectivity index (χ0n) is 20.1. The van der Waals surface area contributed by atoms with Crippen molar-refractivity contribution in [3.05, 3.63) is 11.1 Å². The van der Waals surface area contributed by atoms with Gasteiger partial charge in [-0.05, 0) is 52.4 Å². The van der Waals surface area contributed by atoms with E-state index in [-0.39, 0.29) is 35.7 Å². The molecule has 4 rings (SSSR count). The molecule has 4 heterocycles. The fourth-order valence-corrected chi connectivity index (χ4v) is 5.78. The molecule has 4 aliphatic heterocycles. The second kappa shape index (κ2) is 8.06. The van der Waals surface area contributed by atoms with Crippen LogP contribution in [-0.4, -0.2) is 64.4 Å². The predicted molar refractivity (Wildman–Crippen MR) is 114 cm³/mol. The Hall–Kier alpha value is -1.97. The molecule has 0 saturated carbocycles. The molecule has 0 aromatic rings. The van der Waals surface area contributed by atoms with E-state index in [0.717, 1.165) is 19.3 Å². The molecule has 2 bridgehead atoms. The smallest absolute Gasteiger partial charge is 0.336 e. The maximum absolute atomic E-state index is 12.6. The molecule has 3 saturated heterocycles. The van der Waals surface area contributed by atoms with Crippen molar-refractivity contribution < 1.29 is 43.2 Å². The lowest BCUT2D eigenvalue weighted by Gasteiger charge is -2.40. The topological polar surface area (TPSA) is 121 Å². The Labute approximate surface area is 193 Å². The molecule has 1 N–H and O–H groups in total. The van der Waals surface area contributed by atoms with Gasteiger partial charge in [-0.15, -0.1) is 0 Å². The van der Waals surface area contributed by atoms with Gasteiger partial charge in [0, 0.05) is 25.8 Å². The van der Waals surface area contributed by atoms with Crippen molar-refractivity contribution >= 4 is 17.9 Å². The highest BCUT2D eigenvalue weighted by atomic mass is 16.7. The Morgan fingerprint density at radius 3 is 2.33 bits per heavy atom. The first-order valence-corrected chi connectivity index (χ1v) is 11.6. The molecule has 4 aliphatic rings. The van der Waals surface area contributed by atoms with Gasteiger partial charge in [-0.2, -0.15) is 0 Å². The summed E-state index contributed by atoms with van der Waals surface area (Å²) in [6, 6.07) is 0. The number of esters is 3. The third-order valence-corrected chi connectivity index (χ3v) is 7.63. The van der Waals surface area contributed by atoms with Crippen molar-refractivity contribution in [1.29, 1.82) is 0 Å². The summed E-state index contributed by atoms with van der Waals surface area (Å²) < 4.78 is 29.3. The number of carbonyl (C=O) groups is 3. The van der Waals surface area contributed by atoms with Gasteiger partial charge in [-0.1, -0.05) is 6.92 Å². The summed E-state index contributed by atoms with van der Waals surface area (Å²) in [7, 11) is 0. The van der Waals surface area contributed by atoms with E-state index in [1.54, 1.807) is 0 Å². The van der Waals surface area contributed by atoms with E-state index in [1.165, 1.54) is 20.8 Å². The van der Waals surface area contributed by atoms with Crippen molar-refractivity contribution in [2.24, 2.45) is 5.92 Å². The van der Waals surface area contributed by atoms with Gasteiger partial charge in [-0.3, -0.25) is 9.59 Å². The number of carbonyl (C=O) groups excluding carboxylic acids is 3. The van der Waals surface area contributed by atoms with Gasteiger partial charge in [0.25, 0.3) is 0 Å². The summed E-state index contributed by atoms with van der Waals surface area (Å²) in [4.78, 5) is 37.0. The average Bonchev–Trinajstić information content (AvgIpc) is 3.03. The third-order valence-electron chi connectivity index (χ3n) is 7.63. The summed E-state index contributed by atoms with van der Waals surface area (Å²) in [6.45, 7) is 9.80. The van der Waals surface area contributed by atoms with Crippen LogP contribution in [-0.2, 0) is 38.1 Å². The number of epoxide rings is 1. The number of fused-ring (bicyclic) bond motifs is 4. The maximum Gasteiger partial charge on any atom is 0.336 e. The van der Waals surface area contributed by atoms with Crippen LogP contribution in [0, 0.1) is 5.92 Å². The fourth-order valence-electron chi connectivity index (χ4n) is 5.78. The van der Waals surface area contributed by atoms with E-state index in [9.17, 15) is 19.5 Å². The van der Waals surface area contributed by atoms with Gasteiger partial charge in [0.15, 0.2) is 12.2 Å².